The van der Waals surface area contributed by atoms with Gasteiger partial charge in [-0.05, 0) is 50.2 Å². The van der Waals surface area contributed by atoms with Crippen LogP contribution in [0.2, 0.25) is 0 Å². The van der Waals surface area contributed by atoms with E-state index < -0.39 is 0 Å². The van der Waals surface area contributed by atoms with Crippen LogP contribution < -0.4 is 16.2 Å². The molecule has 142 valence electrons. The Kier molecular flexibility index (Phi) is 5.69. The first-order chi connectivity index (χ1) is 13.3. The average molecular weight is 366 g/mol. The van der Waals surface area contributed by atoms with E-state index in [-0.39, 0.29) is 11.9 Å². The number of carbonyl (C=O) groups excluding carboxylic acids is 1. The lowest BCUT2D eigenvalue weighted by Gasteiger charge is -2.25. The molecule has 2 aliphatic rings. The van der Waals surface area contributed by atoms with Crippen molar-refractivity contribution in [1.29, 1.82) is 0 Å². The van der Waals surface area contributed by atoms with Gasteiger partial charge in [0, 0.05) is 54.9 Å². The lowest BCUT2D eigenvalue weighted by atomic mass is 9.92. The van der Waals surface area contributed by atoms with Gasteiger partial charge in [-0.1, -0.05) is 0 Å². The van der Waals surface area contributed by atoms with Crippen LogP contribution in [-0.2, 0) is 11.2 Å². The molecule has 0 bridgehead atoms. The van der Waals surface area contributed by atoms with E-state index in [2.05, 4.69) is 26.1 Å². The molecule has 2 aromatic heterocycles. The highest BCUT2D eigenvalue weighted by atomic mass is 16.1. The Morgan fingerprint density at radius 1 is 1.26 bits per heavy atom. The van der Waals surface area contributed by atoms with Crippen molar-refractivity contribution in [2.45, 2.75) is 44.6 Å². The van der Waals surface area contributed by atoms with Crippen LogP contribution >= 0.6 is 0 Å². The molecule has 3 heterocycles. The SMILES string of the molecule is O=C(CCCC1CNNC1)NC1CCCc2nc(-c3cccnc3)ncc21. The smallest absolute Gasteiger partial charge is 0.220 e. The molecule has 0 aromatic carbocycles. The van der Waals surface area contributed by atoms with Crippen LogP contribution in [-0.4, -0.2) is 33.9 Å². The minimum absolute atomic E-state index is 0.0269. The predicted molar refractivity (Wildman–Crippen MR) is 102 cm³/mol. The van der Waals surface area contributed by atoms with E-state index in [4.69, 9.17) is 4.98 Å². The number of carbonyl (C=O) groups is 1. The third kappa shape index (κ3) is 4.48. The molecule has 1 amide bonds. The van der Waals surface area contributed by atoms with E-state index in [1.807, 2.05) is 18.3 Å². The normalized spacial score (nSPS) is 19.6. The predicted octanol–water partition coefficient (Wildman–Crippen LogP) is 1.93. The molecule has 0 saturated carbocycles. The van der Waals surface area contributed by atoms with Crippen LogP contribution in [0.15, 0.2) is 30.7 Å². The highest BCUT2D eigenvalue weighted by Crippen LogP contribution is 2.29. The van der Waals surface area contributed by atoms with Gasteiger partial charge in [-0.3, -0.25) is 20.6 Å². The minimum atomic E-state index is 0.0269. The highest BCUT2D eigenvalue weighted by Gasteiger charge is 2.24. The number of hydrazine groups is 1. The molecule has 1 saturated heterocycles. The van der Waals surface area contributed by atoms with Gasteiger partial charge in [0.05, 0.1) is 6.04 Å². The maximum atomic E-state index is 12.4. The molecule has 7 heteroatoms. The molecular formula is C20H26N6O. The molecule has 0 spiro atoms. The molecule has 1 atom stereocenters. The number of pyridine rings is 1. The summed E-state index contributed by atoms with van der Waals surface area (Å²) in [6.45, 7) is 1.99. The Morgan fingerprint density at radius 3 is 2.96 bits per heavy atom. The number of fused-ring (bicyclic) bond motifs is 1. The number of hydrogen-bond donors (Lipinski definition) is 3. The van der Waals surface area contributed by atoms with Gasteiger partial charge in [0.15, 0.2) is 5.82 Å². The van der Waals surface area contributed by atoms with E-state index >= 15 is 0 Å². The molecule has 27 heavy (non-hydrogen) atoms. The van der Waals surface area contributed by atoms with Crippen LogP contribution in [0.25, 0.3) is 11.4 Å². The summed E-state index contributed by atoms with van der Waals surface area (Å²) in [6.07, 6.45) is 10.9. The Hall–Kier alpha value is -2.38. The standard InChI is InChI=1S/C20H26N6O/c27-19(8-1-4-14-10-23-24-11-14)25-17-6-2-7-18-16(17)13-22-20(26-18)15-5-3-9-21-12-15/h3,5,9,12-14,17,23-24H,1-2,4,6-8,10-11H2,(H,25,27). The van der Waals surface area contributed by atoms with Gasteiger partial charge >= 0.3 is 0 Å². The summed E-state index contributed by atoms with van der Waals surface area (Å²) >= 11 is 0. The number of aryl methyl sites for hydroxylation is 1. The van der Waals surface area contributed by atoms with Crippen molar-refractivity contribution in [2.24, 2.45) is 5.92 Å². The Morgan fingerprint density at radius 2 is 2.15 bits per heavy atom. The molecule has 7 nitrogen and oxygen atoms in total. The molecule has 0 radical (unpaired) electrons. The summed E-state index contributed by atoms with van der Waals surface area (Å²) < 4.78 is 0. The zero-order valence-electron chi connectivity index (χ0n) is 15.4. The third-order valence-electron chi connectivity index (χ3n) is 5.36. The van der Waals surface area contributed by atoms with Gasteiger partial charge in [0.25, 0.3) is 0 Å². The van der Waals surface area contributed by atoms with E-state index in [1.54, 1.807) is 12.4 Å². The van der Waals surface area contributed by atoms with Crippen molar-refractivity contribution in [1.82, 2.24) is 31.1 Å². The summed E-state index contributed by atoms with van der Waals surface area (Å²) in [4.78, 5) is 25.8. The monoisotopic (exact) mass is 366 g/mol. The fourth-order valence-corrected chi connectivity index (χ4v) is 3.86. The van der Waals surface area contributed by atoms with Gasteiger partial charge in [-0.15, -0.1) is 0 Å². The number of hydrogen-bond acceptors (Lipinski definition) is 6. The number of nitrogens with zero attached hydrogens (tertiary/aromatic N) is 3. The first-order valence-corrected chi connectivity index (χ1v) is 9.81. The fourth-order valence-electron chi connectivity index (χ4n) is 3.86. The molecule has 4 rings (SSSR count). The zero-order valence-corrected chi connectivity index (χ0v) is 15.4. The number of amides is 1. The topological polar surface area (TPSA) is 91.8 Å². The lowest BCUT2D eigenvalue weighted by molar-refractivity contribution is -0.122. The second kappa shape index (κ2) is 8.54. The van der Waals surface area contributed by atoms with E-state index in [0.29, 0.717) is 18.2 Å². The van der Waals surface area contributed by atoms with Gasteiger partial charge in [0.2, 0.25) is 5.91 Å². The first-order valence-electron chi connectivity index (χ1n) is 9.81. The molecular weight excluding hydrogens is 340 g/mol. The van der Waals surface area contributed by atoms with Crippen molar-refractivity contribution in [3.05, 3.63) is 42.0 Å². The van der Waals surface area contributed by atoms with Crippen LogP contribution in [0.4, 0.5) is 0 Å². The lowest BCUT2D eigenvalue weighted by Crippen LogP contribution is -2.31. The van der Waals surface area contributed by atoms with Crippen molar-refractivity contribution in [2.75, 3.05) is 13.1 Å². The number of rotatable bonds is 6. The number of nitrogens with one attached hydrogen (secondary N) is 3. The summed E-state index contributed by atoms with van der Waals surface area (Å²) in [5, 5.41) is 3.20. The highest BCUT2D eigenvalue weighted by molar-refractivity contribution is 5.76. The fraction of sp³-hybridized carbons (Fsp3) is 0.500. The van der Waals surface area contributed by atoms with E-state index in [9.17, 15) is 4.79 Å². The first kappa shape index (κ1) is 18.0. The molecule has 1 aliphatic carbocycles. The molecule has 3 N–H and O–H groups in total. The van der Waals surface area contributed by atoms with Crippen molar-refractivity contribution < 1.29 is 4.79 Å². The van der Waals surface area contributed by atoms with Gasteiger partial charge < -0.3 is 5.32 Å². The van der Waals surface area contributed by atoms with Crippen molar-refractivity contribution >= 4 is 5.91 Å². The summed E-state index contributed by atoms with van der Waals surface area (Å²) in [7, 11) is 0. The van der Waals surface area contributed by atoms with Gasteiger partial charge in [0.1, 0.15) is 0 Å². The van der Waals surface area contributed by atoms with Gasteiger partial charge in [-0.25, -0.2) is 9.97 Å². The summed E-state index contributed by atoms with van der Waals surface area (Å²) in [6, 6.07) is 3.88. The summed E-state index contributed by atoms with van der Waals surface area (Å²) in [5.41, 5.74) is 9.30. The average Bonchev–Trinajstić information content (AvgIpc) is 3.22. The van der Waals surface area contributed by atoms with Crippen LogP contribution in [0, 0.1) is 5.92 Å². The quantitative estimate of drug-likeness (QED) is 0.724. The maximum Gasteiger partial charge on any atom is 0.220 e. The molecule has 1 fully saturated rings. The Bertz CT molecular complexity index is 775. The largest absolute Gasteiger partial charge is 0.349 e. The Balaban J connectivity index is 1.37. The Labute approximate surface area is 159 Å². The second-order valence-electron chi connectivity index (χ2n) is 7.37. The maximum absolute atomic E-state index is 12.4. The molecule has 1 unspecified atom stereocenters. The molecule has 1 aliphatic heterocycles. The summed E-state index contributed by atoms with van der Waals surface area (Å²) in [5.74, 6) is 1.46. The third-order valence-corrected chi connectivity index (χ3v) is 5.36. The number of aromatic nitrogens is 3. The van der Waals surface area contributed by atoms with E-state index in [1.165, 1.54) is 0 Å². The van der Waals surface area contributed by atoms with E-state index in [0.717, 1.165) is 62.0 Å². The van der Waals surface area contributed by atoms with Gasteiger partial charge in [-0.2, -0.15) is 0 Å². The van der Waals surface area contributed by atoms with Crippen LogP contribution in [0.5, 0.6) is 0 Å². The van der Waals surface area contributed by atoms with Crippen molar-refractivity contribution in [3.8, 4) is 11.4 Å². The molecule has 2 aromatic rings. The minimum Gasteiger partial charge on any atom is -0.349 e. The van der Waals surface area contributed by atoms with Crippen LogP contribution in [0.3, 0.4) is 0 Å². The van der Waals surface area contributed by atoms with Crippen molar-refractivity contribution in [3.63, 3.8) is 0 Å². The second-order valence-corrected chi connectivity index (χ2v) is 7.37. The van der Waals surface area contributed by atoms with Crippen LogP contribution in [0.1, 0.15) is 49.4 Å². The zero-order chi connectivity index (χ0) is 18.5.